The lowest BCUT2D eigenvalue weighted by Gasteiger charge is -2.58. The number of aromatic nitrogens is 3. The Balaban J connectivity index is 0.901. The number of carbonyl (C=O) groups is 1. The standard InChI is InChI=1S/C50H62N8O7S/c1-32(2)40-8-6-7-9-41(40)44-31-64-33(3)30-57(44)37-25-50(26-37)17-20-56(21-18-50)36-10-11-42(45(23-36)65-38-22-35-14-19-51-46(35)53-28-38)48(59)55-66(62,63)39-24-43(58(60)61)47(54-29-39)52-27-34-12-15-49(4,5)16-13-34/h6-11,14,19,22-24,28-29,32-34,37,44H,12-13,15-18,20-21,25-27,30-31H2,1-5H3,(H,51,53)(H,52,54)(H,55,59)/t33?,44-/m0/s1. The number of benzene rings is 2. The Morgan fingerprint density at radius 3 is 2.52 bits per heavy atom. The minimum absolute atomic E-state index is 0.0150. The fraction of sp³-hybridized carbons (Fsp3) is 0.500. The zero-order valence-corrected chi connectivity index (χ0v) is 39.4. The number of hydrogen-bond donors (Lipinski definition) is 3. The first-order valence-corrected chi connectivity index (χ1v) is 25.0. The highest BCUT2D eigenvalue weighted by Crippen LogP contribution is 2.53. The molecule has 3 N–H and O–H groups in total. The second kappa shape index (κ2) is 18.2. The number of ether oxygens (including phenoxy) is 2. The molecule has 15 nitrogen and oxygen atoms in total. The van der Waals surface area contributed by atoms with E-state index in [4.69, 9.17) is 9.47 Å². The monoisotopic (exact) mass is 918 g/mol. The average molecular weight is 919 g/mol. The van der Waals surface area contributed by atoms with Crippen LogP contribution in [0.4, 0.5) is 17.2 Å². The van der Waals surface area contributed by atoms with E-state index < -0.39 is 31.4 Å². The van der Waals surface area contributed by atoms with Crippen LogP contribution in [0.5, 0.6) is 11.5 Å². The van der Waals surface area contributed by atoms with Crippen molar-refractivity contribution in [2.24, 2.45) is 16.7 Å². The second-order valence-corrected chi connectivity index (χ2v) is 22.0. The van der Waals surface area contributed by atoms with E-state index in [1.807, 2.05) is 12.1 Å². The maximum Gasteiger partial charge on any atom is 0.312 e. The first kappa shape index (κ1) is 45.6. The molecule has 9 rings (SSSR count). The highest BCUT2D eigenvalue weighted by atomic mass is 32.2. The van der Waals surface area contributed by atoms with Crippen LogP contribution < -0.4 is 19.7 Å². The zero-order valence-electron chi connectivity index (χ0n) is 38.6. The number of fused-ring (bicyclic) bond motifs is 1. The maximum absolute atomic E-state index is 14.0. The molecule has 2 aliphatic carbocycles. The van der Waals surface area contributed by atoms with Crippen molar-refractivity contribution in [1.82, 2.24) is 24.6 Å². The summed E-state index contributed by atoms with van der Waals surface area (Å²) in [6.07, 6.45) is 12.9. The molecule has 5 heterocycles. The van der Waals surface area contributed by atoms with Crippen LogP contribution in [0.25, 0.3) is 11.0 Å². The van der Waals surface area contributed by atoms with Gasteiger partial charge >= 0.3 is 5.69 Å². The molecule has 350 valence electrons. The second-order valence-electron chi connectivity index (χ2n) is 20.3. The van der Waals surface area contributed by atoms with Gasteiger partial charge in [-0.2, -0.15) is 0 Å². The van der Waals surface area contributed by atoms with Gasteiger partial charge in [-0.05, 0) is 116 Å². The summed E-state index contributed by atoms with van der Waals surface area (Å²) in [6, 6.07) is 19.3. The highest BCUT2D eigenvalue weighted by molar-refractivity contribution is 7.90. The molecule has 2 saturated heterocycles. The van der Waals surface area contributed by atoms with E-state index in [0.29, 0.717) is 42.4 Å². The number of nitrogens with zero attached hydrogens (tertiary/aromatic N) is 5. The Bertz CT molecular complexity index is 2700. The SMILES string of the molecule is CC1CN(C2CC3(CCN(c4ccc(C(=O)NS(=O)(=O)c5cnc(NCC6CCC(C)(C)CC6)c([N+](=O)[O-])c5)c(Oc5cnc6[nH]ccc6c5)c4)CC3)C2)[C@H](c2ccccc2C(C)C)CO1. The van der Waals surface area contributed by atoms with E-state index in [0.717, 1.165) is 94.3 Å². The minimum atomic E-state index is -4.61. The van der Waals surface area contributed by atoms with E-state index in [-0.39, 0.29) is 40.1 Å². The van der Waals surface area contributed by atoms with Crippen molar-refractivity contribution in [3.8, 4) is 11.5 Å². The fourth-order valence-electron chi connectivity index (χ4n) is 10.7. The molecule has 16 heteroatoms. The number of anilines is 2. The van der Waals surface area contributed by atoms with E-state index in [1.54, 1.807) is 24.4 Å². The van der Waals surface area contributed by atoms with E-state index in [1.165, 1.54) is 17.3 Å². The molecule has 4 aliphatic rings. The van der Waals surface area contributed by atoms with Gasteiger partial charge in [-0.3, -0.25) is 19.8 Å². The van der Waals surface area contributed by atoms with Gasteiger partial charge in [0.2, 0.25) is 5.82 Å². The lowest BCUT2D eigenvalue weighted by molar-refractivity contribution is -0.384. The summed E-state index contributed by atoms with van der Waals surface area (Å²) in [6.45, 7) is 14.9. The normalized spacial score (nSPS) is 21.5. The fourth-order valence-corrected chi connectivity index (χ4v) is 11.7. The van der Waals surface area contributed by atoms with Crippen LogP contribution in [0.2, 0.25) is 0 Å². The number of piperidine rings is 1. The molecule has 2 aromatic carbocycles. The van der Waals surface area contributed by atoms with Gasteiger partial charge in [0.1, 0.15) is 22.0 Å². The van der Waals surface area contributed by atoms with Crippen LogP contribution in [0.15, 0.2) is 84.1 Å². The first-order valence-electron chi connectivity index (χ1n) is 23.5. The number of nitro groups is 1. The lowest BCUT2D eigenvalue weighted by Crippen LogP contribution is -2.59. The Labute approximate surface area is 387 Å². The van der Waals surface area contributed by atoms with E-state index in [2.05, 4.69) is 93.7 Å². The van der Waals surface area contributed by atoms with Gasteiger partial charge in [-0.25, -0.2) is 23.1 Å². The van der Waals surface area contributed by atoms with Crippen LogP contribution >= 0.6 is 0 Å². The number of pyridine rings is 2. The molecule has 4 fully saturated rings. The number of hydrogen-bond acceptors (Lipinski definition) is 12. The van der Waals surface area contributed by atoms with Gasteiger partial charge in [-0.15, -0.1) is 0 Å². The molecular weight excluding hydrogens is 857 g/mol. The average Bonchev–Trinajstić information content (AvgIpc) is 3.76. The summed E-state index contributed by atoms with van der Waals surface area (Å²) in [5.74, 6) is 0.288. The third-order valence-corrected chi connectivity index (χ3v) is 16.1. The van der Waals surface area contributed by atoms with Crippen molar-refractivity contribution in [2.45, 2.75) is 115 Å². The van der Waals surface area contributed by atoms with Crippen molar-refractivity contribution in [3.05, 3.63) is 106 Å². The summed E-state index contributed by atoms with van der Waals surface area (Å²) < 4.78 is 42.2. The van der Waals surface area contributed by atoms with Crippen LogP contribution in [0.1, 0.15) is 119 Å². The Kier molecular flexibility index (Phi) is 12.6. The lowest BCUT2D eigenvalue weighted by atomic mass is 9.59. The number of sulfonamides is 1. The van der Waals surface area contributed by atoms with Gasteiger partial charge in [0.15, 0.2) is 0 Å². The minimum Gasteiger partial charge on any atom is -0.455 e. The van der Waals surface area contributed by atoms with Crippen molar-refractivity contribution < 1.29 is 27.6 Å². The molecule has 2 saturated carbocycles. The van der Waals surface area contributed by atoms with E-state index >= 15 is 0 Å². The van der Waals surface area contributed by atoms with Crippen molar-refractivity contribution in [3.63, 3.8) is 0 Å². The van der Waals surface area contributed by atoms with Crippen molar-refractivity contribution in [1.29, 1.82) is 0 Å². The highest BCUT2D eigenvalue weighted by Gasteiger charge is 2.50. The van der Waals surface area contributed by atoms with Crippen LogP contribution in [-0.4, -0.2) is 84.0 Å². The summed E-state index contributed by atoms with van der Waals surface area (Å²) in [5, 5.41) is 16.1. The predicted octanol–water partition coefficient (Wildman–Crippen LogP) is 9.74. The number of amides is 1. The maximum atomic E-state index is 14.0. The van der Waals surface area contributed by atoms with Crippen LogP contribution in [0, 0.1) is 26.9 Å². The summed E-state index contributed by atoms with van der Waals surface area (Å²) in [7, 11) is -4.61. The first-order chi connectivity index (χ1) is 31.6. The molecule has 1 spiro atoms. The third-order valence-electron chi connectivity index (χ3n) is 14.8. The number of H-pyrrole nitrogens is 1. The number of rotatable bonds is 13. The largest absolute Gasteiger partial charge is 0.455 e. The number of carbonyl (C=O) groups excluding carboxylic acids is 1. The summed E-state index contributed by atoms with van der Waals surface area (Å²) in [4.78, 5) is 41.7. The molecule has 1 unspecified atom stereocenters. The molecule has 66 heavy (non-hydrogen) atoms. The Hall–Kier alpha value is -5.58. The number of aromatic amines is 1. The van der Waals surface area contributed by atoms with E-state index in [9.17, 15) is 23.3 Å². The summed E-state index contributed by atoms with van der Waals surface area (Å²) >= 11 is 0. The predicted molar refractivity (Wildman–Crippen MR) is 255 cm³/mol. The Morgan fingerprint density at radius 2 is 1.77 bits per heavy atom. The number of nitrogens with one attached hydrogen (secondary N) is 3. The summed E-state index contributed by atoms with van der Waals surface area (Å²) in [5.41, 5.74) is 4.28. The van der Waals surface area contributed by atoms with Gasteiger partial charge in [-0.1, -0.05) is 52.0 Å². The smallest absolute Gasteiger partial charge is 0.312 e. The van der Waals surface area contributed by atoms with Crippen LogP contribution in [0.3, 0.4) is 0 Å². The number of morpholine rings is 1. The Morgan fingerprint density at radius 1 is 1.02 bits per heavy atom. The molecule has 0 bridgehead atoms. The van der Waals surface area contributed by atoms with Gasteiger partial charge in [0.25, 0.3) is 15.9 Å². The van der Waals surface area contributed by atoms with Gasteiger partial charge in [0, 0.05) is 61.6 Å². The molecule has 5 aromatic rings. The van der Waals surface area contributed by atoms with Crippen molar-refractivity contribution in [2.75, 3.05) is 43.0 Å². The molecular formula is C50H62N8O7S. The topological polar surface area (TPSA) is 185 Å². The molecule has 3 aromatic heterocycles. The molecule has 0 radical (unpaired) electrons. The molecule has 2 atom stereocenters. The van der Waals surface area contributed by atoms with Gasteiger partial charge in [0.05, 0.1) is 41.6 Å². The van der Waals surface area contributed by atoms with Crippen LogP contribution in [-0.2, 0) is 14.8 Å². The molecule has 2 aliphatic heterocycles. The quantitative estimate of drug-likeness (QED) is 0.0752. The molecule has 1 amide bonds. The third kappa shape index (κ3) is 9.63. The van der Waals surface area contributed by atoms with Crippen molar-refractivity contribution >= 4 is 44.2 Å². The zero-order chi connectivity index (χ0) is 46.4. The van der Waals surface area contributed by atoms with Gasteiger partial charge < -0.3 is 24.7 Å².